The minimum Gasteiger partial charge on any atom is -0.399 e. The second kappa shape index (κ2) is 8.58. The normalized spacial score (nSPS) is 14.9. The lowest BCUT2D eigenvalue weighted by Crippen LogP contribution is -2.47. The van der Waals surface area contributed by atoms with Crippen molar-refractivity contribution in [3.05, 3.63) is 54.1 Å². The molecule has 0 atom stereocenters. The van der Waals surface area contributed by atoms with E-state index in [-0.39, 0.29) is 5.91 Å². The molecule has 138 valence electrons. The summed E-state index contributed by atoms with van der Waals surface area (Å²) in [6.45, 7) is 5.89. The Bertz CT molecular complexity index is 726. The molecule has 6 nitrogen and oxygen atoms in total. The van der Waals surface area contributed by atoms with Gasteiger partial charge in [0.25, 0.3) is 5.91 Å². The summed E-state index contributed by atoms with van der Waals surface area (Å²) in [5.74, 6) is -0.128. The van der Waals surface area contributed by atoms with E-state index < -0.39 is 0 Å². The summed E-state index contributed by atoms with van der Waals surface area (Å²) < 4.78 is 0. The molecule has 4 N–H and O–H groups in total. The van der Waals surface area contributed by atoms with E-state index in [1.165, 1.54) is 5.69 Å². The summed E-state index contributed by atoms with van der Waals surface area (Å²) in [6, 6.07) is 15.9. The van der Waals surface area contributed by atoms with Crippen LogP contribution in [0.4, 0.5) is 17.1 Å². The molecule has 0 bridgehead atoms. The van der Waals surface area contributed by atoms with E-state index >= 15 is 0 Å². The van der Waals surface area contributed by atoms with Gasteiger partial charge in [-0.15, -0.1) is 0 Å². The SMILES string of the molecule is CNC(=O)c1cc(N)ccc1NCCN1CCN(c2ccccc2)CC1. The second-order valence-electron chi connectivity index (χ2n) is 6.48. The van der Waals surface area contributed by atoms with E-state index in [1.807, 2.05) is 12.1 Å². The number of benzene rings is 2. The van der Waals surface area contributed by atoms with Crippen LogP contribution in [0.5, 0.6) is 0 Å². The topological polar surface area (TPSA) is 73.6 Å². The highest BCUT2D eigenvalue weighted by Gasteiger charge is 2.17. The van der Waals surface area contributed by atoms with Crippen LogP contribution >= 0.6 is 0 Å². The molecule has 1 heterocycles. The number of hydrogen-bond donors (Lipinski definition) is 3. The first-order chi connectivity index (χ1) is 12.7. The molecule has 1 aliphatic heterocycles. The minimum atomic E-state index is -0.128. The first kappa shape index (κ1) is 18.1. The molecule has 0 aromatic heterocycles. The number of carbonyl (C=O) groups excluding carboxylic acids is 1. The number of amides is 1. The first-order valence-corrected chi connectivity index (χ1v) is 9.05. The summed E-state index contributed by atoms with van der Waals surface area (Å²) in [6.07, 6.45) is 0. The molecule has 1 aliphatic rings. The number of rotatable bonds is 6. The Morgan fingerprint density at radius 3 is 2.50 bits per heavy atom. The molecule has 0 saturated carbocycles. The van der Waals surface area contributed by atoms with Gasteiger partial charge in [0, 0.05) is 63.4 Å². The van der Waals surface area contributed by atoms with Crippen molar-refractivity contribution in [1.82, 2.24) is 10.2 Å². The number of nitrogen functional groups attached to an aromatic ring is 1. The molecule has 26 heavy (non-hydrogen) atoms. The molecule has 2 aromatic carbocycles. The van der Waals surface area contributed by atoms with Crippen LogP contribution in [-0.4, -0.2) is 57.1 Å². The first-order valence-electron chi connectivity index (χ1n) is 9.05. The van der Waals surface area contributed by atoms with Gasteiger partial charge in [0.05, 0.1) is 5.56 Å². The van der Waals surface area contributed by atoms with Crippen LogP contribution < -0.4 is 21.3 Å². The molecular weight excluding hydrogens is 326 g/mol. The molecule has 3 rings (SSSR count). The van der Waals surface area contributed by atoms with E-state index in [2.05, 4.69) is 50.8 Å². The van der Waals surface area contributed by atoms with Gasteiger partial charge < -0.3 is 21.3 Å². The van der Waals surface area contributed by atoms with Crippen molar-refractivity contribution in [2.24, 2.45) is 0 Å². The second-order valence-corrected chi connectivity index (χ2v) is 6.48. The number of nitrogens with one attached hydrogen (secondary N) is 2. The summed E-state index contributed by atoms with van der Waals surface area (Å²) in [5, 5.41) is 6.03. The summed E-state index contributed by atoms with van der Waals surface area (Å²) in [4.78, 5) is 16.9. The minimum absolute atomic E-state index is 0.128. The Balaban J connectivity index is 1.48. The van der Waals surface area contributed by atoms with Crippen molar-refractivity contribution >= 4 is 23.0 Å². The third kappa shape index (κ3) is 4.46. The van der Waals surface area contributed by atoms with Crippen LogP contribution in [0.15, 0.2) is 48.5 Å². The van der Waals surface area contributed by atoms with Crippen molar-refractivity contribution in [2.75, 3.05) is 62.3 Å². The smallest absolute Gasteiger partial charge is 0.253 e. The monoisotopic (exact) mass is 353 g/mol. The number of nitrogens with two attached hydrogens (primary N) is 1. The zero-order valence-corrected chi connectivity index (χ0v) is 15.2. The number of nitrogens with zero attached hydrogens (tertiary/aromatic N) is 2. The quantitative estimate of drug-likeness (QED) is 0.692. The van der Waals surface area contributed by atoms with Crippen molar-refractivity contribution in [3.63, 3.8) is 0 Å². The molecule has 0 spiro atoms. The Labute approximate surface area is 155 Å². The van der Waals surface area contributed by atoms with Crippen LogP contribution in [0.2, 0.25) is 0 Å². The van der Waals surface area contributed by atoms with Gasteiger partial charge in [0.1, 0.15) is 0 Å². The van der Waals surface area contributed by atoms with Crippen LogP contribution in [0.3, 0.4) is 0 Å². The molecule has 6 heteroatoms. The third-order valence-electron chi connectivity index (χ3n) is 4.75. The van der Waals surface area contributed by atoms with Crippen LogP contribution in [0.25, 0.3) is 0 Å². The Kier molecular flexibility index (Phi) is 5.96. The zero-order chi connectivity index (χ0) is 18.4. The van der Waals surface area contributed by atoms with E-state index in [4.69, 9.17) is 5.73 Å². The molecule has 2 aromatic rings. The van der Waals surface area contributed by atoms with Crippen molar-refractivity contribution in [2.45, 2.75) is 0 Å². The maximum Gasteiger partial charge on any atom is 0.253 e. The largest absolute Gasteiger partial charge is 0.399 e. The fourth-order valence-electron chi connectivity index (χ4n) is 3.26. The van der Waals surface area contributed by atoms with Crippen molar-refractivity contribution in [3.8, 4) is 0 Å². The lowest BCUT2D eigenvalue weighted by Gasteiger charge is -2.36. The number of para-hydroxylation sites is 1. The van der Waals surface area contributed by atoms with Gasteiger partial charge in [-0.2, -0.15) is 0 Å². The van der Waals surface area contributed by atoms with Gasteiger partial charge >= 0.3 is 0 Å². The highest BCUT2D eigenvalue weighted by molar-refractivity contribution is 6.00. The number of carbonyl (C=O) groups is 1. The fourth-order valence-corrected chi connectivity index (χ4v) is 3.26. The van der Waals surface area contributed by atoms with Gasteiger partial charge in [-0.3, -0.25) is 9.69 Å². The van der Waals surface area contributed by atoms with Gasteiger partial charge in [-0.25, -0.2) is 0 Å². The number of anilines is 3. The molecular formula is C20H27N5O. The molecule has 0 aliphatic carbocycles. The zero-order valence-electron chi connectivity index (χ0n) is 15.2. The maximum absolute atomic E-state index is 12.0. The van der Waals surface area contributed by atoms with Crippen LogP contribution in [0.1, 0.15) is 10.4 Å². The highest BCUT2D eigenvalue weighted by atomic mass is 16.1. The van der Waals surface area contributed by atoms with Crippen molar-refractivity contribution in [1.29, 1.82) is 0 Å². The van der Waals surface area contributed by atoms with E-state index in [1.54, 1.807) is 13.1 Å². The van der Waals surface area contributed by atoms with Gasteiger partial charge in [0.2, 0.25) is 0 Å². The Morgan fingerprint density at radius 2 is 1.81 bits per heavy atom. The number of hydrogen-bond acceptors (Lipinski definition) is 5. The van der Waals surface area contributed by atoms with E-state index in [0.717, 1.165) is 45.0 Å². The lowest BCUT2D eigenvalue weighted by molar-refractivity contribution is 0.0964. The van der Waals surface area contributed by atoms with Crippen LogP contribution in [0, 0.1) is 0 Å². The van der Waals surface area contributed by atoms with Gasteiger partial charge in [-0.05, 0) is 30.3 Å². The maximum atomic E-state index is 12.0. The fraction of sp³-hybridized carbons (Fsp3) is 0.350. The van der Waals surface area contributed by atoms with Crippen molar-refractivity contribution < 1.29 is 4.79 Å². The predicted octanol–water partition coefficient (Wildman–Crippen LogP) is 1.86. The number of piperazine rings is 1. The summed E-state index contributed by atoms with van der Waals surface area (Å²) in [5.41, 5.74) is 9.09. The lowest BCUT2D eigenvalue weighted by atomic mass is 10.1. The Hall–Kier alpha value is -2.73. The highest BCUT2D eigenvalue weighted by Crippen LogP contribution is 2.19. The summed E-state index contributed by atoms with van der Waals surface area (Å²) in [7, 11) is 1.63. The molecule has 1 fully saturated rings. The predicted molar refractivity (Wildman–Crippen MR) is 108 cm³/mol. The van der Waals surface area contributed by atoms with Gasteiger partial charge in [0.15, 0.2) is 0 Å². The molecule has 0 radical (unpaired) electrons. The van der Waals surface area contributed by atoms with E-state index in [9.17, 15) is 4.79 Å². The van der Waals surface area contributed by atoms with Gasteiger partial charge in [-0.1, -0.05) is 18.2 Å². The van der Waals surface area contributed by atoms with E-state index in [0.29, 0.717) is 11.3 Å². The Morgan fingerprint density at radius 1 is 1.08 bits per heavy atom. The average molecular weight is 353 g/mol. The summed E-state index contributed by atoms with van der Waals surface area (Å²) >= 11 is 0. The third-order valence-corrected chi connectivity index (χ3v) is 4.75. The molecule has 1 saturated heterocycles. The average Bonchev–Trinajstić information content (AvgIpc) is 2.69. The molecule has 1 amide bonds. The molecule has 0 unspecified atom stereocenters. The standard InChI is InChI=1S/C20H27N5O/c1-22-20(26)18-15-16(21)7-8-19(18)23-9-10-24-11-13-25(14-12-24)17-5-3-2-4-6-17/h2-8,15,23H,9-14,21H2,1H3,(H,22,26). The van der Waals surface area contributed by atoms with Crippen LogP contribution in [-0.2, 0) is 0 Å².